The molecule has 0 bridgehead atoms. The van der Waals surface area contributed by atoms with Crippen LogP contribution in [0.1, 0.15) is 24.5 Å². The van der Waals surface area contributed by atoms with Gasteiger partial charge in [0, 0.05) is 0 Å². The van der Waals surface area contributed by atoms with Crippen LogP contribution < -0.4 is 5.32 Å². The number of hydrogen-bond donors (Lipinski definition) is 1. The molecule has 1 amide bonds. The number of carbonyl (C=O) groups excluding carboxylic acids is 1. The fourth-order valence-corrected chi connectivity index (χ4v) is 2.61. The van der Waals surface area contributed by atoms with Gasteiger partial charge < -0.3 is 5.32 Å². The summed E-state index contributed by atoms with van der Waals surface area (Å²) in [5, 5.41) is 3.56. The summed E-state index contributed by atoms with van der Waals surface area (Å²) >= 11 is 1.52. The van der Waals surface area contributed by atoms with Gasteiger partial charge in [0.2, 0.25) is 5.91 Å². The van der Waals surface area contributed by atoms with Crippen LogP contribution in [0.2, 0.25) is 0 Å². The maximum absolute atomic E-state index is 11.5. The molecular formula is C13H16N2OS. The Kier molecular flexibility index (Phi) is 3.52. The van der Waals surface area contributed by atoms with Crippen molar-refractivity contribution in [2.75, 3.05) is 0 Å². The highest BCUT2D eigenvalue weighted by molar-refractivity contribution is 8.15. The third-order valence-corrected chi connectivity index (χ3v) is 4.19. The molecule has 1 atom stereocenters. The molecule has 4 heteroatoms. The van der Waals surface area contributed by atoms with E-state index in [9.17, 15) is 4.79 Å². The normalized spacial score (nSPS) is 21.9. The van der Waals surface area contributed by atoms with E-state index in [1.165, 1.54) is 17.3 Å². The molecule has 0 aromatic heterocycles. The van der Waals surface area contributed by atoms with Gasteiger partial charge in [-0.25, -0.2) is 4.99 Å². The first-order valence-electron chi connectivity index (χ1n) is 5.74. The Balaban J connectivity index is 2.26. The van der Waals surface area contributed by atoms with Gasteiger partial charge in [-0.3, -0.25) is 4.79 Å². The largest absolute Gasteiger partial charge is 0.304 e. The first-order chi connectivity index (χ1) is 8.11. The van der Waals surface area contributed by atoms with Crippen LogP contribution in [0.25, 0.3) is 0 Å². The molecule has 17 heavy (non-hydrogen) atoms. The van der Waals surface area contributed by atoms with Gasteiger partial charge in [0.15, 0.2) is 5.17 Å². The molecule has 1 N–H and O–H groups in total. The molecule has 3 nitrogen and oxygen atoms in total. The minimum atomic E-state index is 0.0128. The lowest BCUT2D eigenvalue weighted by molar-refractivity contribution is -0.118. The Morgan fingerprint density at radius 1 is 1.41 bits per heavy atom. The third-order valence-electron chi connectivity index (χ3n) is 2.95. The van der Waals surface area contributed by atoms with Gasteiger partial charge in [-0.2, -0.15) is 0 Å². The lowest BCUT2D eigenvalue weighted by atomic mass is 10.1. The second-order valence-electron chi connectivity index (χ2n) is 4.14. The van der Waals surface area contributed by atoms with Gasteiger partial charge in [0.25, 0.3) is 0 Å². The molecule has 0 unspecified atom stereocenters. The Morgan fingerprint density at radius 3 is 2.82 bits per heavy atom. The van der Waals surface area contributed by atoms with Crippen LogP contribution in [0.5, 0.6) is 0 Å². The number of amides is 1. The lowest BCUT2D eigenvalue weighted by Gasteiger charge is -2.04. The van der Waals surface area contributed by atoms with Crippen LogP contribution in [0.3, 0.4) is 0 Å². The zero-order valence-corrected chi connectivity index (χ0v) is 11.1. The Hall–Kier alpha value is -1.29. The highest BCUT2D eigenvalue weighted by Crippen LogP contribution is 2.27. The third kappa shape index (κ3) is 2.52. The summed E-state index contributed by atoms with van der Waals surface area (Å²) in [5.74, 6) is 0.0709. The summed E-state index contributed by atoms with van der Waals surface area (Å²) in [6.45, 7) is 6.12. The number of hydrogen-bond acceptors (Lipinski definition) is 3. The van der Waals surface area contributed by atoms with Crippen molar-refractivity contribution < 1.29 is 4.79 Å². The van der Waals surface area contributed by atoms with Crippen molar-refractivity contribution in [2.45, 2.75) is 32.4 Å². The van der Waals surface area contributed by atoms with Crippen LogP contribution >= 0.6 is 11.8 Å². The topological polar surface area (TPSA) is 41.5 Å². The number of thioether (sulfide) groups is 1. The first-order valence-corrected chi connectivity index (χ1v) is 6.62. The van der Waals surface area contributed by atoms with Crippen molar-refractivity contribution in [1.82, 2.24) is 5.32 Å². The molecule has 90 valence electrons. The molecular weight excluding hydrogens is 232 g/mol. The van der Waals surface area contributed by atoms with E-state index in [0.29, 0.717) is 0 Å². The molecule has 2 rings (SSSR count). The predicted octanol–water partition coefficient (Wildman–Crippen LogP) is 2.93. The van der Waals surface area contributed by atoms with Crippen molar-refractivity contribution in [3.05, 3.63) is 29.3 Å². The molecule has 1 aliphatic heterocycles. The lowest BCUT2D eigenvalue weighted by Crippen LogP contribution is -2.24. The average Bonchev–Trinajstić information content (AvgIpc) is 2.65. The van der Waals surface area contributed by atoms with Crippen LogP contribution in [-0.4, -0.2) is 16.3 Å². The van der Waals surface area contributed by atoms with Crippen molar-refractivity contribution in [1.29, 1.82) is 0 Å². The molecule has 1 aromatic rings. The van der Waals surface area contributed by atoms with E-state index in [4.69, 9.17) is 0 Å². The summed E-state index contributed by atoms with van der Waals surface area (Å²) < 4.78 is 0. The summed E-state index contributed by atoms with van der Waals surface area (Å²) in [6, 6.07) is 6.02. The summed E-state index contributed by atoms with van der Waals surface area (Å²) in [4.78, 5) is 16.1. The van der Waals surface area contributed by atoms with Gasteiger partial charge >= 0.3 is 0 Å². The fourth-order valence-electron chi connectivity index (χ4n) is 1.69. The monoisotopic (exact) mass is 248 g/mol. The van der Waals surface area contributed by atoms with Crippen LogP contribution in [0.4, 0.5) is 5.69 Å². The SMILES string of the molecule is CC[C@H]1SC(=Nc2cccc(C)c2C)NC1=O. The van der Waals surface area contributed by atoms with E-state index < -0.39 is 0 Å². The number of aliphatic imine (C=N–C) groups is 1. The summed E-state index contributed by atoms with van der Waals surface area (Å²) in [6.07, 6.45) is 0.836. The number of rotatable bonds is 2. The van der Waals surface area contributed by atoms with Gasteiger partial charge in [0.1, 0.15) is 0 Å². The van der Waals surface area contributed by atoms with Crippen molar-refractivity contribution in [3.63, 3.8) is 0 Å². The van der Waals surface area contributed by atoms with Crippen LogP contribution in [-0.2, 0) is 4.79 Å². The van der Waals surface area contributed by atoms with E-state index in [1.807, 2.05) is 26.0 Å². The van der Waals surface area contributed by atoms with E-state index in [1.54, 1.807) is 0 Å². The van der Waals surface area contributed by atoms with Gasteiger partial charge in [-0.05, 0) is 37.5 Å². The quantitative estimate of drug-likeness (QED) is 0.874. The minimum absolute atomic E-state index is 0.0128. The van der Waals surface area contributed by atoms with E-state index >= 15 is 0 Å². The average molecular weight is 248 g/mol. The summed E-state index contributed by atoms with van der Waals surface area (Å²) in [5.41, 5.74) is 3.31. The highest BCUT2D eigenvalue weighted by atomic mass is 32.2. The van der Waals surface area contributed by atoms with Gasteiger partial charge in [-0.1, -0.05) is 30.8 Å². The molecule has 0 aliphatic carbocycles. The smallest absolute Gasteiger partial charge is 0.239 e. The molecule has 1 aromatic carbocycles. The van der Waals surface area contributed by atoms with Crippen LogP contribution in [0, 0.1) is 13.8 Å². The number of nitrogens with one attached hydrogen (secondary N) is 1. The highest BCUT2D eigenvalue weighted by Gasteiger charge is 2.28. The zero-order valence-electron chi connectivity index (χ0n) is 10.3. The second kappa shape index (κ2) is 4.92. The number of amidine groups is 1. The number of carbonyl (C=O) groups is 1. The number of aryl methyl sites for hydroxylation is 1. The molecule has 0 radical (unpaired) electrons. The van der Waals surface area contributed by atoms with Gasteiger partial charge in [0.05, 0.1) is 10.9 Å². The number of nitrogens with zero attached hydrogens (tertiary/aromatic N) is 1. The summed E-state index contributed by atoms with van der Waals surface area (Å²) in [7, 11) is 0. The molecule has 0 saturated carbocycles. The Bertz CT molecular complexity index is 482. The first kappa shape index (κ1) is 12.2. The molecule has 1 aliphatic rings. The molecule has 1 saturated heterocycles. The second-order valence-corrected chi connectivity index (χ2v) is 5.33. The maximum atomic E-state index is 11.5. The predicted molar refractivity (Wildman–Crippen MR) is 72.8 cm³/mol. The number of benzene rings is 1. The van der Waals surface area contributed by atoms with Crippen molar-refractivity contribution >= 4 is 28.5 Å². The van der Waals surface area contributed by atoms with Crippen molar-refractivity contribution in [2.24, 2.45) is 4.99 Å². The van der Waals surface area contributed by atoms with E-state index in [2.05, 4.69) is 23.3 Å². The Morgan fingerprint density at radius 2 is 2.18 bits per heavy atom. The fraction of sp³-hybridized carbons (Fsp3) is 0.385. The van der Waals surface area contributed by atoms with Crippen molar-refractivity contribution in [3.8, 4) is 0 Å². The molecule has 1 heterocycles. The van der Waals surface area contributed by atoms with E-state index in [-0.39, 0.29) is 11.2 Å². The van der Waals surface area contributed by atoms with Gasteiger partial charge in [-0.15, -0.1) is 0 Å². The standard InChI is InChI=1S/C13H16N2OS/c1-4-11-12(16)15-13(17-11)14-10-7-5-6-8(2)9(10)3/h5-7,11H,4H2,1-3H3,(H,14,15,16)/t11-/m1/s1. The maximum Gasteiger partial charge on any atom is 0.239 e. The Labute approximate surface area is 106 Å². The minimum Gasteiger partial charge on any atom is -0.304 e. The van der Waals surface area contributed by atoms with E-state index in [0.717, 1.165) is 22.8 Å². The molecule has 0 spiro atoms. The zero-order chi connectivity index (χ0) is 12.4. The van der Waals surface area contributed by atoms with Crippen LogP contribution in [0.15, 0.2) is 23.2 Å². The molecule has 1 fully saturated rings.